The maximum absolute atomic E-state index is 11.8. The predicted octanol–water partition coefficient (Wildman–Crippen LogP) is 4.06. The molecule has 24 heavy (non-hydrogen) atoms. The van der Waals surface area contributed by atoms with E-state index in [1.807, 2.05) is 20.8 Å². The van der Waals surface area contributed by atoms with E-state index in [2.05, 4.69) is 47.5 Å². The van der Waals surface area contributed by atoms with Crippen LogP contribution < -0.4 is 5.32 Å². The van der Waals surface area contributed by atoms with Crippen LogP contribution in [0, 0.1) is 11.8 Å². The number of ether oxygens (including phenoxy) is 1. The minimum atomic E-state index is -0.434. The Morgan fingerprint density at radius 1 is 1.25 bits per heavy atom. The van der Waals surface area contributed by atoms with Gasteiger partial charge < -0.3 is 10.1 Å². The van der Waals surface area contributed by atoms with Gasteiger partial charge in [0, 0.05) is 13.1 Å². The lowest BCUT2D eigenvalue weighted by Gasteiger charge is -2.35. The van der Waals surface area contributed by atoms with E-state index in [0.717, 1.165) is 19.6 Å². The standard InChI is InChI=1S/C20H32N2O2/c1-16(14-21-19(23)24-20(2,3)4)18-10-12-22(13-11-18)15-17-8-6-5-7-9-17/h5-9,16,18H,10-15H2,1-4H3,(H,21,23)/t16-/m0/s1. The highest BCUT2D eigenvalue weighted by Crippen LogP contribution is 2.25. The molecule has 1 N–H and O–H groups in total. The maximum Gasteiger partial charge on any atom is 0.407 e. The number of likely N-dealkylation sites (tertiary alicyclic amines) is 1. The summed E-state index contributed by atoms with van der Waals surface area (Å²) in [5.41, 5.74) is 0.950. The smallest absolute Gasteiger partial charge is 0.407 e. The van der Waals surface area contributed by atoms with E-state index in [1.54, 1.807) is 0 Å². The Hall–Kier alpha value is -1.55. The zero-order valence-electron chi connectivity index (χ0n) is 15.5. The second kappa shape index (κ2) is 8.52. The monoisotopic (exact) mass is 332 g/mol. The third-order valence-electron chi connectivity index (χ3n) is 4.65. The summed E-state index contributed by atoms with van der Waals surface area (Å²) in [6.45, 7) is 11.9. The molecule has 4 nitrogen and oxygen atoms in total. The topological polar surface area (TPSA) is 41.6 Å². The summed E-state index contributed by atoms with van der Waals surface area (Å²) in [4.78, 5) is 14.3. The first kappa shape index (κ1) is 18.8. The van der Waals surface area contributed by atoms with Crippen molar-refractivity contribution in [3.63, 3.8) is 0 Å². The van der Waals surface area contributed by atoms with Gasteiger partial charge in [-0.05, 0) is 64.1 Å². The Morgan fingerprint density at radius 3 is 2.46 bits per heavy atom. The predicted molar refractivity (Wildman–Crippen MR) is 97.8 cm³/mol. The van der Waals surface area contributed by atoms with Crippen molar-refractivity contribution in [1.29, 1.82) is 0 Å². The summed E-state index contributed by atoms with van der Waals surface area (Å²) in [5, 5.41) is 2.91. The van der Waals surface area contributed by atoms with Crippen LogP contribution in [0.5, 0.6) is 0 Å². The van der Waals surface area contributed by atoms with Crippen LogP contribution in [-0.2, 0) is 11.3 Å². The Morgan fingerprint density at radius 2 is 1.88 bits per heavy atom. The van der Waals surface area contributed by atoms with Crippen LogP contribution in [0.3, 0.4) is 0 Å². The molecular formula is C20H32N2O2. The van der Waals surface area contributed by atoms with E-state index in [-0.39, 0.29) is 6.09 Å². The summed E-state index contributed by atoms with van der Waals surface area (Å²) in [6.07, 6.45) is 2.09. The van der Waals surface area contributed by atoms with Crippen LogP contribution in [0.25, 0.3) is 0 Å². The number of piperidine rings is 1. The summed E-state index contributed by atoms with van der Waals surface area (Å²) in [7, 11) is 0. The van der Waals surface area contributed by atoms with E-state index >= 15 is 0 Å². The number of rotatable bonds is 5. The van der Waals surface area contributed by atoms with Crippen LogP contribution in [0.4, 0.5) is 4.79 Å². The first-order valence-corrected chi connectivity index (χ1v) is 9.06. The number of nitrogens with one attached hydrogen (secondary N) is 1. The molecule has 1 saturated heterocycles. The lowest BCUT2D eigenvalue weighted by atomic mass is 9.85. The van der Waals surface area contributed by atoms with Gasteiger partial charge in [-0.15, -0.1) is 0 Å². The van der Waals surface area contributed by atoms with Gasteiger partial charge in [-0.2, -0.15) is 0 Å². The second-order valence-electron chi connectivity index (χ2n) is 7.96. The summed E-state index contributed by atoms with van der Waals surface area (Å²) < 4.78 is 5.30. The number of carbonyl (C=O) groups excluding carboxylic acids is 1. The van der Waals surface area contributed by atoms with Crippen molar-refractivity contribution in [2.75, 3.05) is 19.6 Å². The van der Waals surface area contributed by atoms with Crippen LogP contribution in [0.2, 0.25) is 0 Å². The molecule has 0 bridgehead atoms. The van der Waals surface area contributed by atoms with Gasteiger partial charge in [-0.3, -0.25) is 4.90 Å². The molecule has 0 aromatic heterocycles. The van der Waals surface area contributed by atoms with Gasteiger partial charge in [0.05, 0.1) is 0 Å². The minimum absolute atomic E-state index is 0.309. The summed E-state index contributed by atoms with van der Waals surface area (Å²) >= 11 is 0. The molecular weight excluding hydrogens is 300 g/mol. The molecule has 134 valence electrons. The quantitative estimate of drug-likeness (QED) is 0.884. The molecule has 0 saturated carbocycles. The fourth-order valence-corrected chi connectivity index (χ4v) is 3.25. The van der Waals surface area contributed by atoms with Gasteiger partial charge in [0.2, 0.25) is 0 Å². The zero-order valence-corrected chi connectivity index (χ0v) is 15.5. The Balaban J connectivity index is 1.69. The molecule has 1 aliphatic rings. The van der Waals surface area contributed by atoms with Crippen molar-refractivity contribution in [3.05, 3.63) is 35.9 Å². The fourth-order valence-electron chi connectivity index (χ4n) is 3.25. The third-order valence-corrected chi connectivity index (χ3v) is 4.65. The van der Waals surface area contributed by atoms with Crippen molar-refractivity contribution >= 4 is 6.09 Å². The van der Waals surface area contributed by atoms with Gasteiger partial charge in [-0.25, -0.2) is 4.79 Å². The third kappa shape index (κ3) is 6.52. The molecule has 0 radical (unpaired) electrons. The molecule has 0 unspecified atom stereocenters. The summed E-state index contributed by atoms with van der Waals surface area (Å²) in [6, 6.07) is 10.7. The second-order valence-corrected chi connectivity index (χ2v) is 7.96. The van der Waals surface area contributed by atoms with E-state index in [4.69, 9.17) is 4.74 Å². The SMILES string of the molecule is C[C@@H](CNC(=O)OC(C)(C)C)C1CCN(Cc2ccccc2)CC1. The van der Waals surface area contributed by atoms with Crippen molar-refractivity contribution in [2.24, 2.45) is 11.8 Å². The molecule has 0 aliphatic carbocycles. The molecule has 1 amide bonds. The first-order valence-electron chi connectivity index (χ1n) is 9.06. The number of nitrogens with zero attached hydrogens (tertiary/aromatic N) is 1. The number of amides is 1. The van der Waals surface area contributed by atoms with Crippen LogP contribution in [0.1, 0.15) is 46.1 Å². The molecule has 1 heterocycles. The van der Waals surface area contributed by atoms with E-state index in [1.165, 1.54) is 18.4 Å². The van der Waals surface area contributed by atoms with Crippen molar-refractivity contribution in [2.45, 2.75) is 52.7 Å². The normalized spacial score (nSPS) is 18.2. The largest absolute Gasteiger partial charge is 0.444 e. The number of alkyl carbamates (subject to hydrolysis) is 1. The fraction of sp³-hybridized carbons (Fsp3) is 0.650. The number of hydrogen-bond acceptors (Lipinski definition) is 3. The highest BCUT2D eigenvalue weighted by Gasteiger charge is 2.25. The number of benzene rings is 1. The Labute approximate surface area is 146 Å². The number of hydrogen-bond donors (Lipinski definition) is 1. The first-order chi connectivity index (χ1) is 11.3. The van der Waals surface area contributed by atoms with E-state index in [9.17, 15) is 4.79 Å². The average molecular weight is 332 g/mol. The minimum Gasteiger partial charge on any atom is -0.444 e. The van der Waals surface area contributed by atoms with Crippen LogP contribution in [0.15, 0.2) is 30.3 Å². The van der Waals surface area contributed by atoms with Gasteiger partial charge in [0.15, 0.2) is 0 Å². The Bertz CT molecular complexity index is 502. The van der Waals surface area contributed by atoms with Gasteiger partial charge >= 0.3 is 6.09 Å². The number of carbonyl (C=O) groups is 1. The molecule has 1 aromatic carbocycles. The lowest BCUT2D eigenvalue weighted by Crippen LogP contribution is -2.40. The Kier molecular flexibility index (Phi) is 6.67. The maximum atomic E-state index is 11.8. The van der Waals surface area contributed by atoms with Gasteiger partial charge in [-0.1, -0.05) is 37.3 Å². The van der Waals surface area contributed by atoms with Crippen molar-refractivity contribution in [1.82, 2.24) is 10.2 Å². The van der Waals surface area contributed by atoms with Crippen LogP contribution in [-0.4, -0.2) is 36.2 Å². The molecule has 1 aliphatic heterocycles. The molecule has 0 spiro atoms. The lowest BCUT2D eigenvalue weighted by molar-refractivity contribution is 0.0507. The highest BCUT2D eigenvalue weighted by atomic mass is 16.6. The molecule has 1 atom stereocenters. The van der Waals surface area contributed by atoms with Gasteiger partial charge in [0.25, 0.3) is 0 Å². The van der Waals surface area contributed by atoms with Crippen molar-refractivity contribution in [3.8, 4) is 0 Å². The van der Waals surface area contributed by atoms with E-state index < -0.39 is 5.60 Å². The summed E-state index contributed by atoms with van der Waals surface area (Å²) in [5.74, 6) is 1.16. The zero-order chi connectivity index (χ0) is 17.6. The van der Waals surface area contributed by atoms with Gasteiger partial charge in [0.1, 0.15) is 5.60 Å². The van der Waals surface area contributed by atoms with Crippen LogP contribution >= 0.6 is 0 Å². The average Bonchev–Trinajstić information content (AvgIpc) is 2.53. The molecule has 4 heteroatoms. The van der Waals surface area contributed by atoms with E-state index in [0.29, 0.717) is 18.4 Å². The molecule has 2 rings (SSSR count). The van der Waals surface area contributed by atoms with Crippen molar-refractivity contribution < 1.29 is 9.53 Å². The molecule has 1 aromatic rings. The highest BCUT2D eigenvalue weighted by molar-refractivity contribution is 5.67. The molecule has 1 fully saturated rings.